The van der Waals surface area contributed by atoms with Crippen LogP contribution in [0, 0.1) is 0 Å². The highest BCUT2D eigenvalue weighted by Gasteiger charge is 2.04. The van der Waals surface area contributed by atoms with Crippen LogP contribution in [-0.4, -0.2) is 0 Å². The molecule has 2 aromatic rings. The van der Waals surface area contributed by atoms with E-state index in [9.17, 15) is 0 Å². The van der Waals surface area contributed by atoms with E-state index in [1.807, 2.05) is 0 Å². The second kappa shape index (κ2) is 2.43. The second-order valence-electron chi connectivity index (χ2n) is 2.19. The van der Waals surface area contributed by atoms with Crippen molar-refractivity contribution in [1.29, 1.82) is 0 Å². The van der Waals surface area contributed by atoms with Gasteiger partial charge in [-0.25, -0.2) is 0 Å². The zero-order chi connectivity index (χ0) is 7.84. The molecule has 0 bridgehead atoms. The summed E-state index contributed by atoms with van der Waals surface area (Å²) in [6, 6.07) is 5.26. The van der Waals surface area contributed by atoms with E-state index in [2.05, 4.69) is 0 Å². The molecule has 0 aliphatic rings. The van der Waals surface area contributed by atoms with Crippen LogP contribution in [0.2, 0.25) is 10.0 Å². The third-order valence-corrected chi connectivity index (χ3v) is 2.14. The lowest BCUT2D eigenvalue weighted by atomic mass is 10.2. The molecule has 11 heavy (non-hydrogen) atoms. The molecule has 0 aliphatic heterocycles. The van der Waals surface area contributed by atoms with Gasteiger partial charge in [-0.2, -0.15) is 0 Å². The van der Waals surface area contributed by atoms with Crippen LogP contribution in [0.5, 0.6) is 0 Å². The Morgan fingerprint density at radius 3 is 2.45 bits per heavy atom. The van der Waals surface area contributed by atoms with Gasteiger partial charge in [0.1, 0.15) is 0 Å². The Kier molecular flexibility index (Phi) is 1.55. The van der Waals surface area contributed by atoms with Gasteiger partial charge in [0, 0.05) is 5.39 Å². The summed E-state index contributed by atoms with van der Waals surface area (Å²) in [5, 5.41) is 2.12. The Morgan fingerprint density at radius 1 is 1.00 bits per heavy atom. The van der Waals surface area contributed by atoms with Crippen molar-refractivity contribution in [2.24, 2.45) is 0 Å². The van der Waals surface area contributed by atoms with Gasteiger partial charge in [-0.3, -0.25) is 0 Å². The molecule has 1 nitrogen and oxygen atoms in total. The molecule has 0 spiro atoms. The Hall–Kier alpha value is -0.660. The molecule has 0 saturated carbocycles. The maximum atomic E-state index is 5.85. The van der Waals surface area contributed by atoms with Gasteiger partial charge in [-0.1, -0.05) is 23.2 Å². The lowest BCUT2D eigenvalue weighted by Gasteiger charge is -1.93. The quantitative estimate of drug-likeness (QED) is 0.612. The van der Waals surface area contributed by atoms with E-state index in [-0.39, 0.29) is 0 Å². The lowest BCUT2D eigenvalue weighted by Crippen LogP contribution is -1.67. The van der Waals surface area contributed by atoms with Crippen LogP contribution in [0.4, 0.5) is 0 Å². The molecular weight excluding hydrogens is 183 g/mol. The summed E-state index contributed by atoms with van der Waals surface area (Å²) in [5.74, 6) is 0. The third kappa shape index (κ3) is 1.01. The van der Waals surface area contributed by atoms with Crippen molar-refractivity contribution in [3.8, 4) is 0 Å². The van der Waals surface area contributed by atoms with Gasteiger partial charge in [-0.15, -0.1) is 0 Å². The first-order chi connectivity index (χ1) is 5.29. The van der Waals surface area contributed by atoms with Crippen LogP contribution in [0.3, 0.4) is 0 Å². The molecule has 1 aromatic heterocycles. The number of rotatable bonds is 0. The van der Waals surface area contributed by atoms with Gasteiger partial charge in [-0.05, 0) is 18.2 Å². The SMILES string of the molecule is Clc1ccc(Cl)c2occc12. The highest BCUT2D eigenvalue weighted by Crippen LogP contribution is 2.29. The number of halogens is 2. The van der Waals surface area contributed by atoms with Crippen molar-refractivity contribution in [2.45, 2.75) is 0 Å². The van der Waals surface area contributed by atoms with Crippen LogP contribution < -0.4 is 0 Å². The molecule has 56 valence electrons. The van der Waals surface area contributed by atoms with E-state index in [0.29, 0.717) is 15.6 Å². The molecule has 0 saturated heterocycles. The van der Waals surface area contributed by atoms with Crippen molar-refractivity contribution >= 4 is 34.2 Å². The van der Waals surface area contributed by atoms with E-state index >= 15 is 0 Å². The van der Waals surface area contributed by atoms with Crippen molar-refractivity contribution in [3.05, 3.63) is 34.5 Å². The van der Waals surface area contributed by atoms with Crippen LogP contribution in [0.15, 0.2) is 28.9 Å². The molecular formula is C8H4Cl2O. The standard InChI is InChI=1S/C8H4Cl2O/c9-6-1-2-7(10)8-5(6)3-4-11-8/h1-4H. The highest BCUT2D eigenvalue weighted by atomic mass is 35.5. The van der Waals surface area contributed by atoms with Gasteiger partial charge in [0.25, 0.3) is 0 Å². The summed E-state index contributed by atoms with van der Waals surface area (Å²) in [7, 11) is 0. The number of benzene rings is 1. The fraction of sp³-hybridized carbons (Fsp3) is 0. The van der Waals surface area contributed by atoms with Crippen LogP contribution in [0.1, 0.15) is 0 Å². The van der Waals surface area contributed by atoms with Crippen LogP contribution in [0.25, 0.3) is 11.0 Å². The zero-order valence-corrected chi connectivity index (χ0v) is 6.99. The molecule has 0 aliphatic carbocycles. The minimum atomic E-state index is 0.592. The number of furan rings is 1. The van der Waals surface area contributed by atoms with E-state index in [1.165, 1.54) is 0 Å². The van der Waals surface area contributed by atoms with Crippen molar-refractivity contribution < 1.29 is 4.42 Å². The van der Waals surface area contributed by atoms with Crippen molar-refractivity contribution in [3.63, 3.8) is 0 Å². The molecule has 1 aromatic carbocycles. The Labute approximate surface area is 73.5 Å². The average Bonchev–Trinajstić information content (AvgIpc) is 2.45. The van der Waals surface area contributed by atoms with E-state index < -0.39 is 0 Å². The van der Waals surface area contributed by atoms with Gasteiger partial charge in [0.2, 0.25) is 0 Å². The van der Waals surface area contributed by atoms with Gasteiger partial charge in [0.05, 0.1) is 16.3 Å². The Balaban J connectivity index is 2.96. The molecule has 2 rings (SSSR count). The van der Waals surface area contributed by atoms with E-state index in [1.54, 1.807) is 24.5 Å². The first-order valence-electron chi connectivity index (χ1n) is 3.10. The normalized spacial score (nSPS) is 10.7. The molecule has 0 fully saturated rings. The summed E-state index contributed by atoms with van der Waals surface area (Å²) < 4.78 is 5.11. The largest absolute Gasteiger partial charge is 0.463 e. The Bertz CT molecular complexity index is 356. The smallest absolute Gasteiger partial charge is 0.153 e. The fourth-order valence-corrected chi connectivity index (χ4v) is 1.42. The van der Waals surface area contributed by atoms with Crippen LogP contribution in [-0.2, 0) is 0 Å². The monoisotopic (exact) mass is 186 g/mol. The summed E-state index contributed by atoms with van der Waals surface area (Å²) in [4.78, 5) is 0. The summed E-state index contributed by atoms with van der Waals surface area (Å²) >= 11 is 11.7. The van der Waals surface area contributed by atoms with Gasteiger partial charge in [0.15, 0.2) is 5.58 Å². The number of hydrogen-bond acceptors (Lipinski definition) is 1. The van der Waals surface area contributed by atoms with Crippen molar-refractivity contribution in [1.82, 2.24) is 0 Å². The highest BCUT2D eigenvalue weighted by molar-refractivity contribution is 6.39. The first-order valence-corrected chi connectivity index (χ1v) is 3.86. The predicted molar refractivity (Wildman–Crippen MR) is 46.2 cm³/mol. The average molecular weight is 187 g/mol. The first kappa shape index (κ1) is 7.01. The minimum absolute atomic E-state index is 0.592. The molecule has 0 atom stereocenters. The molecule has 0 amide bonds. The maximum Gasteiger partial charge on any atom is 0.153 e. The number of fused-ring (bicyclic) bond motifs is 1. The molecule has 1 heterocycles. The van der Waals surface area contributed by atoms with Crippen molar-refractivity contribution in [2.75, 3.05) is 0 Å². The molecule has 0 N–H and O–H groups in total. The summed E-state index contributed by atoms with van der Waals surface area (Å²) in [5.41, 5.74) is 0.652. The molecule has 0 unspecified atom stereocenters. The topological polar surface area (TPSA) is 13.1 Å². The van der Waals surface area contributed by atoms with Crippen LogP contribution >= 0.6 is 23.2 Å². The van der Waals surface area contributed by atoms with E-state index in [0.717, 1.165) is 5.39 Å². The Morgan fingerprint density at radius 2 is 1.73 bits per heavy atom. The molecule has 3 heteroatoms. The fourth-order valence-electron chi connectivity index (χ4n) is 0.994. The maximum absolute atomic E-state index is 5.85. The van der Waals surface area contributed by atoms with Gasteiger partial charge >= 0.3 is 0 Å². The lowest BCUT2D eigenvalue weighted by molar-refractivity contribution is 0.616. The minimum Gasteiger partial charge on any atom is -0.463 e. The summed E-state index contributed by atoms with van der Waals surface area (Å²) in [6.07, 6.45) is 1.57. The predicted octanol–water partition coefficient (Wildman–Crippen LogP) is 3.74. The third-order valence-electron chi connectivity index (χ3n) is 1.52. The van der Waals surface area contributed by atoms with E-state index in [4.69, 9.17) is 27.6 Å². The summed E-state index contributed by atoms with van der Waals surface area (Å²) in [6.45, 7) is 0. The number of hydrogen-bond donors (Lipinski definition) is 0. The second-order valence-corrected chi connectivity index (χ2v) is 3.01. The molecule has 0 radical (unpaired) electrons. The zero-order valence-electron chi connectivity index (χ0n) is 5.47. The van der Waals surface area contributed by atoms with Gasteiger partial charge < -0.3 is 4.42 Å².